The molecule has 1 aromatic carbocycles. The van der Waals surface area contributed by atoms with Gasteiger partial charge in [-0.05, 0) is 56.1 Å². The first-order chi connectivity index (χ1) is 12.1. The van der Waals surface area contributed by atoms with Gasteiger partial charge < -0.3 is 20.1 Å². The molecule has 3 atom stereocenters. The van der Waals surface area contributed by atoms with Crippen LogP contribution >= 0.6 is 0 Å². The van der Waals surface area contributed by atoms with E-state index in [-0.39, 0.29) is 12.0 Å². The van der Waals surface area contributed by atoms with Crippen LogP contribution in [0.4, 0.5) is 0 Å². The largest absolute Gasteiger partial charge is 0.388 e. The van der Waals surface area contributed by atoms with E-state index in [0.29, 0.717) is 24.3 Å². The highest BCUT2D eigenvalue weighted by Gasteiger charge is 2.38. The molecule has 0 saturated carbocycles. The van der Waals surface area contributed by atoms with Gasteiger partial charge in [-0.25, -0.2) is 0 Å². The summed E-state index contributed by atoms with van der Waals surface area (Å²) >= 11 is 0. The number of hydrogen-bond acceptors (Lipinski definition) is 5. The normalized spacial score (nSPS) is 27.8. The standard InChI is InChI=1S/C19H25N3O3/c1-13-6-8-22(9-7-13)11-17-18(23)16(12-25-17)21-19(24)15-4-2-14(10-20)3-5-15/h2-5,13,16-18,23H,6-9,11-12H2,1H3,(H,21,24). The van der Waals surface area contributed by atoms with Crippen molar-refractivity contribution in [2.45, 2.75) is 38.0 Å². The number of piperidine rings is 1. The van der Waals surface area contributed by atoms with E-state index in [2.05, 4.69) is 17.1 Å². The number of likely N-dealkylation sites (tertiary alicyclic amines) is 1. The molecule has 1 aromatic rings. The molecule has 1 amide bonds. The molecule has 3 unspecified atom stereocenters. The Kier molecular flexibility index (Phi) is 5.69. The molecule has 6 nitrogen and oxygen atoms in total. The highest BCUT2D eigenvalue weighted by molar-refractivity contribution is 5.94. The van der Waals surface area contributed by atoms with Crippen LogP contribution in [-0.4, -0.2) is 60.4 Å². The second-order valence-electron chi connectivity index (χ2n) is 7.11. The summed E-state index contributed by atoms with van der Waals surface area (Å²) in [6.45, 7) is 5.37. The third-order valence-corrected chi connectivity index (χ3v) is 5.19. The molecular weight excluding hydrogens is 318 g/mol. The Bertz CT molecular complexity index is 632. The number of aliphatic hydroxyl groups excluding tert-OH is 1. The Morgan fingerprint density at radius 2 is 2.04 bits per heavy atom. The first-order valence-electron chi connectivity index (χ1n) is 8.90. The molecule has 2 aliphatic heterocycles. The zero-order valence-corrected chi connectivity index (χ0v) is 14.5. The lowest BCUT2D eigenvalue weighted by atomic mass is 9.98. The van der Waals surface area contributed by atoms with Crippen molar-refractivity contribution in [2.75, 3.05) is 26.2 Å². The van der Waals surface area contributed by atoms with Crippen molar-refractivity contribution < 1.29 is 14.6 Å². The van der Waals surface area contributed by atoms with E-state index in [0.717, 1.165) is 19.0 Å². The maximum absolute atomic E-state index is 12.3. The molecule has 0 bridgehead atoms. The average Bonchev–Trinajstić information content (AvgIpc) is 2.97. The molecule has 2 N–H and O–H groups in total. The molecule has 25 heavy (non-hydrogen) atoms. The number of hydrogen-bond donors (Lipinski definition) is 2. The van der Waals surface area contributed by atoms with Crippen LogP contribution in [0.2, 0.25) is 0 Å². The molecule has 2 heterocycles. The lowest BCUT2D eigenvalue weighted by Gasteiger charge is -2.32. The molecule has 0 aliphatic carbocycles. The number of nitrogens with zero attached hydrogens (tertiary/aromatic N) is 2. The minimum absolute atomic E-state index is 0.260. The topological polar surface area (TPSA) is 85.6 Å². The summed E-state index contributed by atoms with van der Waals surface area (Å²) in [5, 5.41) is 22.1. The molecule has 0 radical (unpaired) electrons. The van der Waals surface area contributed by atoms with Gasteiger partial charge in [0.2, 0.25) is 0 Å². The fourth-order valence-corrected chi connectivity index (χ4v) is 3.42. The number of carbonyl (C=O) groups excluding carboxylic acids is 1. The Hall–Kier alpha value is -1.94. The summed E-state index contributed by atoms with van der Waals surface area (Å²) in [5.74, 6) is 0.509. The van der Waals surface area contributed by atoms with Crippen LogP contribution in [0.3, 0.4) is 0 Å². The van der Waals surface area contributed by atoms with E-state index < -0.39 is 12.1 Å². The maximum atomic E-state index is 12.3. The van der Waals surface area contributed by atoms with E-state index in [1.54, 1.807) is 24.3 Å². The number of carbonyl (C=O) groups is 1. The summed E-state index contributed by atoms with van der Waals surface area (Å²) in [6.07, 6.45) is 1.39. The number of amides is 1. The summed E-state index contributed by atoms with van der Waals surface area (Å²) in [5.41, 5.74) is 0.983. The third kappa shape index (κ3) is 4.37. The fraction of sp³-hybridized carbons (Fsp3) is 0.579. The number of ether oxygens (including phenoxy) is 1. The van der Waals surface area contributed by atoms with Crippen molar-refractivity contribution in [1.82, 2.24) is 10.2 Å². The van der Waals surface area contributed by atoms with Crippen molar-refractivity contribution in [1.29, 1.82) is 5.26 Å². The minimum atomic E-state index is -0.707. The number of aliphatic hydroxyl groups is 1. The van der Waals surface area contributed by atoms with E-state index in [1.807, 2.05) is 6.07 Å². The lowest BCUT2D eigenvalue weighted by molar-refractivity contribution is 0.00864. The maximum Gasteiger partial charge on any atom is 0.251 e. The van der Waals surface area contributed by atoms with Gasteiger partial charge in [0.15, 0.2) is 0 Å². The summed E-state index contributed by atoms with van der Waals surface area (Å²) in [6, 6.07) is 8.06. The third-order valence-electron chi connectivity index (χ3n) is 5.19. The predicted molar refractivity (Wildman–Crippen MR) is 93.0 cm³/mol. The number of nitrogens with one attached hydrogen (secondary N) is 1. The van der Waals surface area contributed by atoms with Crippen LogP contribution < -0.4 is 5.32 Å². The van der Waals surface area contributed by atoms with Gasteiger partial charge in [-0.3, -0.25) is 4.79 Å². The summed E-state index contributed by atoms with van der Waals surface area (Å²) in [7, 11) is 0. The molecule has 2 aliphatic rings. The van der Waals surface area contributed by atoms with Crippen molar-refractivity contribution >= 4 is 5.91 Å². The average molecular weight is 343 g/mol. The van der Waals surface area contributed by atoms with Gasteiger partial charge in [0.1, 0.15) is 6.10 Å². The predicted octanol–water partition coefficient (Wildman–Crippen LogP) is 1.15. The van der Waals surface area contributed by atoms with Gasteiger partial charge >= 0.3 is 0 Å². The van der Waals surface area contributed by atoms with Crippen molar-refractivity contribution in [3.8, 4) is 6.07 Å². The van der Waals surface area contributed by atoms with Gasteiger partial charge in [-0.1, -0.05) is 6.92 Å². The van der Waals surface area contributed by atoms with Gasteiger partial charge in [-0.15, -0.1) is 0 Å². The SMILES string of the molecule is CC1CCN(CC2OCC(NC(=O)c3ccc(C#N)cc3)C2O)CC1. The molecule has 134 valence electrons. The number of benzene rings is 1. The quantitative estimate of drug-likeness (QED) is 0.856. The zero-order valence-electron chi connectivity index (χ0n) is 14.5. The van der Waals surface area contributed by atoms with Gasteiger partial charge in [-0.2, -0.15) is 5.26 Å². The molecular formula is C19H25N3O3. The molecule has 3 rings (SSSR count). The first kappa shape index (κ1) is 17.9. The lowest BCUT2D eigenvalue weighted by Crippen LogP contribution is -2.47. The van der Waals surface area contributed by atoms with Crippen LogP contribution in [0.25, 0.3) is 0 Å². The van der Waals surface area contributed by atoms with Crippen LogP contribution in [0.1, 0.15) is 35.7 Å². The number of rotatable bonds is 4. The first-order valence-corrected chi connectivity index (χ1v) is 8.90. The van der Waals surface area contributed by atoms with Crippen LogP contribution in [-0.2, 0) is 4.74 Å². The van der Waals surface area contributed by atoms with Crippen molar-refractivity contribution in [3.63, 3.8) is 0 Å². The van der Waals surface area contributed by atoms with E-state index in [9.17, 15) is 9.90 Å². The second kappa shape index (κ2) is 7.96. The van der Waals surface area contributed by atoms with E-state index in [4.69, 9.17) is 10.00 Å². The molecule has 6 heteroatoms. The van der Waals surface area contributed by atoms with Gasteiger partial charge in [0.25, 0.3) is 5.91 Å². The Balaban J connectivity index is 1.52. The number of nitriles is 1. The fourth-order valence-electron chi connectivity index (χ4n) is 3.42. The Morgan fingerprint density at radius 1 is 1.36 bits per heavy atom. The van der Waals surface area contributed by atoms with E-state index in [1.165, 1.54) is 12.8 Å². The second-order valence-corrected chi connectivity index (χ2v) is 7.11. The Morgan fingerprint density at radius 3 is 2.68 bits per heavy atom. The molecule has 2 fully saturated rings. The smallest absolute Gasteiger partial charge is 0.251 e. The van der Waals surface area contributed by atoms with Crippen molar-refractivity contribution in [2.24, 2.45) is 5.92 Å². The highest BCUT2D eigenvalue weighted by atomic mass is 16.5. The monoisotopic (exact) mass is 343 g/mol. The minimum Gasteiger partial charge on any atom is -0.388 e. The molecule has 0 spiro atoms. The molecule has 0 aromatic heterocycles. The summed E-state index contributed by atoms with van der Waals surface area (Å²) < 4.78 is 5.73. The van der Waals surface area contributed by atoms with Gasteiger partial charge in [0.05, 0.1) is 30.4 Å². The zero-order chi connectivity index (χ0) is 17.8. The summed E-state index contributed by atoms with van der Waals surface area (Å²) in [4.78, 5) is 14.6. The van der Waals surface area contributed by atoms with Crippen molar-refractivity contribution in [3.05, 3.63) is 35.4 Å². The van der Waals surface area contributed by atoms with Crippen LogP contribution in [0.5, 0.6) is 0 Å². The molecule has 2 saturated heterocycles. The van der Waals surface area contributed by atoms with Crippen LogP contribution in [0, 0.1) is 17.2 Å². The van der Waals surface area contributed by atoms with Gasteiger partial charge in [0, 0.05) is 12.1 Å². The highest BCUT2D eigenvalue weighted by Crippen LogP contribution is 2.21. The van der Waals surface area contributed by atoms with E-state index >= 15 is 0 Å². The Labute approximate surface area is 148 Å². The van der Waals surface area contributed by atoms with Crippen LogP contribution in [0.15, 0.2) is 24.3 Å².